The summed E-state index contributed by atoms with van der Waals surface area (Å²) in [5, 5.41) is 0. The van der Waals surface area contributed by atoms with E-state index in [1.807, 2.05) is 6.92 Å². The van der Waals surface area contributed by atoms with Crippen molar-refractivity contribution in [2.24, 2.45) is 11.3 Å². The second-order valence-electron chi connectivity index (χ2n) is 4.69. The Hall–Kier alpha value is -0.570. The van der Waals surface area contributed by atoms with Crippen LogP contribution in [-0.2, 0) is 9.63 Å². The van der Waals surface area contributed by atoms with Crippen molar-refractivity contribution in [1.82, 2.24) is 5.48 Å². The fourth-order valence-electron chi connectivity index (χ4n) is 2.19. The average Bonchev–Trinajstić information content (AvgIpc) is 2.13. The van der Waals surface area contributed by atoms with Crippen LogP contribution in [0.3, 0.4) is 0 Å². The van der Waals surface area contributed by atoms with E-state index in [0.717, 1.165) is 19.3 Å². The number of hydrogen-bond donors (Lipinski definition) is 1. The summed E-state index contributed by atoms with van der Waals surface area (Å²) in [7, 11) is 0. The lowest BCUT2D eigenvalue weighted by Gasteiger charge is -2.37. The molecule has 0 spiro atoms. The molecule has 1 amide bonds. The van der Waals surface area contributed by atoms with Crippen molar-refractivity contribution in [3.63, 3.8) is 0 Å². The molecule has 0 saturated heterocycles. The molecule has 3 heteroatoms. The van der Waals surface area contributed by atoms with E-state index in [4.69, 9.17) is 4.84 Å². The highest BCUT2D eigenvalue weighted by Gasteiger charge is 2.37. The van der Waals surface area contributed by atoms with E-state index >= 15 is 0 Å². The number of hydrogen-bond acceptors (Lipinski definition) is 2. The van der Waals surface area contributed by atoms with Gasteiger partial charge >= 0.3 is 0 Å². The Morgan fingerprint density at radius 2 is 2.21 bits per heavy atom. The minimum absolute atomic E-state index is 0.0524. The van der Waals surface area contributed by atoms with Crippen LogP contribution in [0, 0.1) is 11.3 Å². The maximum atomic E-state index is 11.7. The molecule has 0 aromatic heterocycles. The van der Waals surface area contributed by atoms with Crippen molar-refractivity contribution in [3.8, 4) is 0 Å². The maximum absolute atomic E-state index is 11.7. The molecule has 14 heavy (non-hydrogen) atoms. The first-order valence-electron chi connectivity index (χ1n) is 5.49. The molecule has 0 radical (unpaired) electrons. The quantitative estimate of drug-likeness (QED) is 0.708. The van der Waals surface area contributed by atoms with Gasteiger partial charge in [-0.3, -0.25) is 9.63 Å². The van der Waals surface area contributed by atoms with Gasteiger partial charge in [0.25, 0.3) is 0 Å². The summed E-state index contributed by atoms with van der Waals surface area (Å²) in [6.07, 6.45) is 4.53. The largest absolute Gasteiger partial charge is 0.274 e. The Kier molecular flexibility index (Phi) is 3.93. The minimum Gasteiger partial charge on any atom is -0.274 e. The standard InChI is InChI=1S/C11H21NO2/c1-4-14-12-10(13)9-7-5-6-8-11(9,2)3/h9H,4-8H2,1-3H3,(H,12,13). The van der Waals surface area contributed by atoms with E-state index in [1.165, 1.54) is 6.42 Å². The number of hydroxylamine groups is 1. The van der Waals surface area contributed by atoms with Gasteiger partial charge in [0.05, 0.1) is 6.61 Å². The van der Waals surface area contributed by atoms with Crippen LogP contribution in [-0.4, -0.2) is 12.5 Å². The number of rotatable bonds is 3. The molecule has 1 saturated carbocycles. The van der Waals surface area contributed by atoms with Crippen LogP contribution in [0.4, 0.5) is 0 Å². The molecule has 1 rings (SSSR count). The summed E-state index contributed by atoms with van der Waals surface area (Å²) < 4.78 is 0. The van der Waals surface area contributed by atoms with Gasteiger partial charge in [-0.25, -0.2) is 5.48 Å². The Morgan fingerprint density at radius 1 is 1.50 bits per heavy atom. The first-order valence-corrected chi connectivity index (χ1v) is 5.49. The van der Waals surface area contributed by atoms with Gasteiger partial charge in [0, 0.05) is 5.92 Å². The Balaban J connectivity index is 2.51. The number of carbonyl (C=O) groups is 1. The van der Waals surface area contributed by atoms with Gasteiger partial charge < -0.3 is 0 Å². The molecule has 0 aromatic carbocycles. The SMILES string of the molecule is CCONC(=O)C1CCCCC1(C)C. The van der Waals surface area contributed by atoms with Crippen LogP contribution in [0.1, 0.15) is 46.5 Å². The summed E-state index contributed by atoms with van der Waals surface area (Å²) in [6, 6.07) is 0. The molecule has 0 bridgehead atoms. The lowest BCUT2D eigenvalue weighted by molar-refractivity contribution is -0.142. The fourth-order valence-corrected chi connectivity index (χ4v) is 2.19. The van der Waals surface area contributed by atoms with Gasteiger partial charge in [-0.15, -0.1) is 0 Å². The Bertz CT molecular complexity index is 201. The molecule has 82 valence electrons. The van der Waals surface area contributed by atoms with Crippen LogP contribution in [0.2, 0.25) is 0 Å². The summed E-state index contributed by atoms with van der Waals surface area (Å²) in [5.41, 5.74) is 2.64. The number of amides is 1. The molecule has 0 aliphatic heterocycles. The smallest absolute Gasteiger partial charge is 0.247 e. The summed E-state index contributed by atoms with van der Waals surface area (Å²) in [6.45, 7) is 6.73. The van der Waals surface area contributed by atoms with E-state index in [2.05, 4.69) is 19.3 Å². The predicted octanol–water partition coefficient (Wildman–Crippen LogP) is 2.27. The molecule has 1 atom stereocenters. The first-order chi connectivity index (χ1) is 6.58. The minimum atomic E-state index is 0.0524. The van der Waals surface area contributed by atoms with Crippen LogP contribution >= 0.6 is 0 Å². The van der Waals surface area contributed by atoms with Crippen LogP contribution in [0.15, 0.2) is 0 Å². The maximum Gasteiger partial charge on any atom is 0.247 e. The van der Waals surface area contributed by atoms with Crippen LogP contribution < -0.4 is 5.48 Å². The lowest BCUT2D eigenvalue weighted by atomic mass is 9.68. The van der Waals surface area contributed by atoms with Crippen molar-refractivity contribution in [2.45, 2.75) is 46.5 Å². The third-order valence-corrected chi connectivity index (χ3v) is 3.14. The summed E-state index contributed by atoms with van der Waals surface area (Å²) in [4.78, 5) is 16.7. The fraction of sp³-hybridized carbons (Fsp3) is 0.909. The van der Waals surface area contributed by atoms with Crippen molar-refractivity contribution >= 4 is 5.91 Å². The summed E-state index contributed by atoms with van der Waals surface area (Å²) in [5.74, 6) is 0.166. The van der Waals surface area contributed by atoms with E-state index in [-0.39, 0.29) is 17.2 Å². The highest BCUT2D eigenvalue weighted by molar-refractivity contribution is 5.78. The molecule has 1 aliphatic rings. The van der Waals surface area contributed by atoms with Gasteiger partial charge in [-0.1, -0.05) is 26.7 Å². The lowest BCUT2D eigenvalue weighted by Crippen LogP contribution is -2.41. The molecule has 1 N–H and O–H groups in total. The molecule has 1 unspecified atom stereocenters. The van der Waals surface area contributed by atoms with Crippen LogP contribution in [0.25, 0.3) is 0 Å². The molecule has 0 heterocycles. The Labute approximate surface area is 86.2 Å². The molecule has 1 fully saturated rings. The van der Waals surface area contributed by atoms with E-state index in [1.54, 1.807) is 0 Å². The number of carbonyl (C=O) groups excluding carboxylic acids is 1. The van der Waals surface area contributed by atoms with E-state index in [9.17, 15) is 4.79 Å². The zero-order valence-corrected chi connectivity index (χ0v) is 9.43. The highest BCUT2D eigenvalue weighted by atomic mass is 16.6. The second kappa shape index (κ2) is 4.78. The van der Waals surface area contributed by atoms with Crippen molar-refractivity contribution in [1.29, 1.82) is 0 Å². The van der Waals surface area contributed by atoms with Crippen LogP contribution in [0.5, 0.6) is 0 Å². The second-order valence-corrected chi connectivity index (χ2v) is 4.69. The molecular formula is C11H21NO2. The van der Waals surface area contributed by atoms with Gasteiger partial charge in [0.15, 0.2) is 0 Å². The van der Waals surface area contributed by atoms with Gasteiger partial charge in [0.2, 0.25) is 5.91 Å². The normalized spacial score (nSPS) is 25.8. The monoisotopic (exact) mass is 199 g/mol. The topological polar surface area (TPSA) is 38.3 Å². The van der Waals surface area contributed by atoms with Crippen molar-refractivity contribution in [2.75, 3.05) is 6.61 Å². The molecule has 1 aliphatic carbocycles. The molecule has 3 nitrogen and oxygen atoms in total. The average molecular weight is 199 g/mol. The highest BCUT2D eigenvalue weighted by Crippen LogP contribution is 2.40. The molecular weight excluding hydrogens is 178 g/mol. The number of nitrogens with one attached hydrogen (secondary N) is 1. The Morgan fingerprint density at radius 3 is 2.79 bits per heavy atom. The third kappa shape index (κ3) is 2.71. The van der Waals surface area contributed by atoms with Crippen molar-refractivity contribution < 1.29 is 9.63 Å². The third-order valence-electron chi connectivity index (χ3n) is 3.14. The van der Waals surface area contributed by atoms with Gasteiger partial charge in [-0.05, 0) is 25.2 Å². The van der Waals surface area contributed by atoms with E-state index < -0.39 is 0 Å². The van der Waals surface area contributed by atoms with Gasteiger partial charge in [-0.2, -0.15) is 0 Å². The summed E-state index contributed by atoms with van der Waals surface area (Å²) >= 11 is 0. The first kappa shape index (κ1) is 11.5. The van der Waals surface area contributed by atoms with Gasteiger partial charge in [0.1, 0.15) is 0 Å². The predicted molar refractivity (Wildman–Crippen MR) is 55.5 cm³/mol. The van der Waals surface area contributed by atoms with E-state index in [0.29, 0.717) is 6.61 Å². The molecule has 0 aromatic rings. The van der Waals surface area contributed by atoms with Crippen molar-refractivity contribution in [3.05, 3.63) is 0 Å². The zero-order chi connectivity index (χ0) is 10.6. The zero-order valence-electron chi connectivity index (χ0n) is 9.43.